The van der Waals surface area contributed by atoms with Gasteiger partial charge in [0.25, 0.3) is 5.91 Å². The second-order valence-electron chi connectivity index (χ2n) is 7.58. The lowest BCUT2D eigenvalue weighted by atomic mass is 9.84. The molecule has 3 rings (SSSR count). The molecule has 0 aliphatic heterocycles. The van der Waals surface area contributed by atoms with Crippen LogP contribution in [-0.4, -0.2) is 25.0 Å². The zero-order valence-electron chi connectivity index (χ0n) is 16.1. The molecule has 1 aromatic carbocycles. The van der Waals surface area contributed by atoms with Crippen molar-refractivity contribution in [3.63, 3.8) is 0 Å². The minimum Gasteiger partial charge on any atom is -0.376 e. The Morgan fingerprint density at radius 1 is 1.15 bits per heavy atom. The summed E-state index contributed by atoms with van der Waals surface area (Å²) in [7, 11) is 3.94. The van der Waals surface area contributed by atoms with E-state index in [2.05, 4.69) is 12.1 Å². The number of carbonyl (C=O) groups is 1. The van der Waals surface area contributed by atoms with E-state index in [1.807, 2.05) is 44.1 Å². The lowest BCUT2D eigenvalue weighted by molar-refractivity contribution is 0.0999. The number of nitrogens with zero attached hydrogens (tertiary/aromatic N) is 2. The molecule has 0 unspecified atom stereocenters. The molecule has 2 aromatic rings. The maximum atomic E-state index is 12.4. The summed E-state index contributed by atoms with van der Waals surface area (Å²) < 4.78 is 0. The second-order valence-corrected chi connectivity index (χ2v) is 7.58. The maximum absolute atomic E-state index is 12.4. The Labute approximate surface area is 156 Å². The lowest BCUT2D eigenvalue weighted by Crippen LogP contribution is -2.24. The van der Waals surface area contributed by atoms with Gasteiger partial charge in [-0.15, -0.1) is 0 Å². The number of anilines is 1. The molecular formula is C22H29N3O. The fraction of sp³-hybridized carbons (Fsp3) is 0.455. The van der Waals surface area contributed by atoms with Gasteiger partial charge in [-0.25, -0.2) is 0 Å². The zero-order valence-corrected chi connectivity index (χ0v) is 16.1. The van der Waals surface area contributed by atoms with Crippen molar-refractivity contribution in [3.8, 4) is 11.1 Å². The van der Waals surface area contributed by atoms with E-state index in [1.165, 1.54) is 32.1 Å². The molecule has 1 heterocycles. The number of pyridine rings is 1. The monoisotopic (exact) mass is 351 g/mol. The van der Waals surface area contributed by atoms with Crippen LogP contribution in [0.3, 0.4) is 0 Å². The summed E-state index contributed by atoms with van der Waals surface area (Å²) in [6.45, 7) is 2.03. The molecule has 1 amide bonds. The molecule has 26 heavy (non-hydrogen) atoms. The molecule has 138 valence electrons. The SMILES string of the molecule is Cc1nc(CC2CCCCC2)c(C(N)=O)c(N(C)C)c1-c1ccccc1. The van der Waals surface area contributed by atoms with Crippen LogP contribution in [0.5, 0.6) is 0 Å². The average Bonchev–Trinajstić information content (AvgIpc) is 2.62. The van der Waals surface area contributed by atoms with Crippen molar-refractivity contribution in [2.75, 3.05) is 19.0 Å². The Bertz CT molecular complexity index is 778. The van der Waals surface area contributed by atoms with Crippen molar-refractivity contribution in [2.24, 2.45) is 11.7 Å². The first kappa shape index (κ1) is 18.4. The highest BCUT2D eigenvalue weighted by Gasteiger charge is 2.26. The van der Waals surface area contributed by atoms with Gasteiger partial charge in [0.05, 0.1) is 16.9 Å². The summed E-state index contributed by atoms with van der Waals surface area (Å²) in [4.78, 5) is 19.3. The minimum absolute atomic E-state index is 0.385. The molecule has 1 aromatic heterocycles. The Hall–Kier alpha value is -2.36. The summed E-state index contributed by atoms with van der Waals surface area (Å²) in [5, 5.41) is 0. The van der Waals surface area contributed by atoms with Gasteiger partial charge in [0.2, 0.25) is 0 Å². The first-order valence-electron chi connectivity index (χ1n) is 9.55. The van der Waals surface area contributed by atoms with Crippen LogP contribution in [0.15, 0.2) is 30.3 Å². The van der Waals surface area contributed by atoms with E-state index >= 15 is 0 Å². The number of carbonyl (C=O) groups excluding carboxylic acids is 1. The first-order valence-corrected chi connectivity index (χ1v) is 9.55. The molecule has 1 aliphatic carbocycles. The van der Waals surface area contributed by atoms with Crippen LogP contribution in [0.2, 0.25) is 0 Å². The zero-order chi connectivity index (χ0) is 18.7. The Balaban J connectivity index is 2.16. The van der Waals surface area contributed by atoms with Crippen molar-refractivity contribution in [3.05, 3.63) is 47.3 Å². The molecule has 1 aliphatic rings. The molecule has 4 heteroatoms. The molecule has 0 atom stereocenters. The third-order valence-electron chi connectivity index (χ3n) is 5.39. The third kappa shape index (κ3) is 3.74. The molecule has 1 saturated carbocycles. The normalized spacial score (nSPS) is 15.0. The predicted octanol–water partition coefficient (Wildman–Crippen LogP) is 4.34. The van der Waals surface area contributed by atoms with E-state index in [4.69, 9.17) is 10.7 Å². The van der Waals surface area contributed by atoms with E-state index in [-0.39, 0.29) is 5.91 Å². The van der Waals surface area contributed by atoms with Gasteiger partial charge in [-0.3, -0.25) is 9.78 Å². The van der Waals surface area contributed by atoms with Gasteiger partial charge in [0.1, 0.15) is 0 Å². The maximum Gasteiger partial charge on any atom is 0.252 e. The Morgan fingerprint density at radius 3 is 2.38 bits per heavy atom. The van der Waals surface area contributed by atoms with Gasteiger partial charge >= 0.3 is 0 Å². The number of nitrogens with two attached hydrogens (primary N) is 1. The smallest absolute Gasteiger partial charge is 0.252 e. The number of benzene rings is 1. The van der Waals surface area contributed by atoms with E-state index in [9.17, 15) is 4.79 Å². The summed E-state index contributed by atoms with van der Waals surface area (Å²) >= 11 is 0. The molecule has 2 N–H and O–H groups in total. The Kier molecular flexibility index (Phi) is 5.60. The summed E-state index contributed by atoms with van der Waals surface area (Å²) in [5.74, 6) is 0.218. The molecule has 4 nitrogen and oxygen atoms in total. The summed E-state index contributed by atoms with van der Waals surface area (Å²) in [5.41, 5.74) is 11.2. The Morgan fingerprint density at radius 2 is 1.81 bits per heavy atom. The number of hydrogen-bond acceptors (Lipinski definition) is 3. The standard InChI is InChI=1S/C22H29N3O/c1-15-19(17-12-8-5-9-13-17)21(25(2)3)20(22(23)26)18(24-15)14-16-10-6-4-7-11-16/h5,8-9,12-13,16H,4,6-7,10-11,14H2,1-3H3,(H2,23,26). The van der Waals surface area contributed by atoms with Crippen molar-refractivity contribution < 1.29 is 4.79 Å². The van der Waals surface area contributed by atoms with Crippen molar-refractivity contribution in [1.82, 2.24) is 4.98 Å². The highest BCUT2D eigenvalue weighted by Crippen LogP contribution is 2.38. The number of aryl methyl sites for hydroxylation is 1. The van der Waals surface area contributed by atoms with E-state index < -0.39 is 0 Å². The van der Waals surface area contributed by atoms with Crippen LogP contribution >= 0.6 is 0 Å². The fourth-order valence-electron chi connectivity index (χ4n) is 4.22. The number of rotatable bonds is 5. The molecule has 0 bridgehead atoms. The minimum atomic E-state index is -0.385. The quantitative estimate of drug-likeness (QED) is 0.871. The van der Waals surface area contributed by atoms with E-state index in [0.717, 1.165) is 34.6 Å². The molecular weight excluding hydrogens is 322 g/mol. The van der Waals surface area contributed by atoms with Crippen LogP contribution in [0.1, 0.15) is 53.8 Å². The van der Waals surface area contributed by atoms with Crippen LogP contribution in [0, 0.1) is 12.8 Å². The van der Waals surface area contributed by atoms with E-state index in [0.29, 0.717) is 11.5 Å². The molecule has 0 saturated heterocycles. The largest absolute Gasteiger partial charge is 0.376 e. The summed E-state index contributed by atoms with van der Waals surface area (Å²) in [6.07, 6.45) is 7.15. The number of amides is 1. The average molecular weight is 351 g/mol. The van der Waals surface area contributed by atoms with Gasteiger partial charge in [-0.2, -0.15) is 0 Å². The number of primary amides is 1. The molecule has 0 radical (unpaired) electrons. The van der Waals surface area contributed by atoms with E-state index in [1.54, 1.807) is 0 Å². The highest BCUT2D eigenvalue weighted by atomic mass is 16.1. The van der Waals surface area contributed by atoms with Crippen molar-refractivity contribution in [2.45, 2.75) is 45.4 Å². The number of hydrogen-bond donors (Lipinski definition) is 1. The van der Waals surface area contributed by atoms with Gasteiger partial charge in [-0.05, 0) is 24.8 Å². The number of aromatic nitrogens is 1. The fourth-order valence-corrected chi connectivity index (χ4v) is 4.22. The van der Waals surface area contributed by atoms with Crippen LogP contribution in [0.25, 0.3) is 11.1 Å². The van der Waals surface area contributed by atoms with Crippen LogP contribution in [0.4, 0.5) is 5.69 Å². The van der Waals surface area contributed by atoms with Gasteiger partial charge in [0.15, 0.2) is 0 Å². The highest BCUT2D eigenvalue weighted by molar-refractivity contribution is 6.04. The first-order chi connectivity index (χ1) is 12.5. The second kappa shape index (κ2) is 7.90. The topological polar surface area (TPSA) is 59.2 Å². The third-order valence-corrected chi connectivity index (χ3v) is 5.39. The van der Waals surface area contributed by atoms with Gasteiger partial charge < -0.3 is 10.6 Å². The lowest BCUT2D eigenvalue weighted by Gasteiger charge is -2.27. The van der Waals surface area contributed by atoms with Gasteiger partial charge in [-0.1, -0.05) is 62.4 Å². The van der Waals surface area contributed by atoms with Crippen molar-refractivity contribution in [1.29, 1.82) is 0 Å². The molecule has 1 fully saturated rings. The molecule has 0 spiro atoms. The predicted molar refractivity (Wildman–Crippen MR) is 108 cm³/mol. The summed E-state index contributed by atoms with van der Waals surface area (Å²) in [6, 6.07) is 10.1. The van der Waals surface area contributed by atoms with Gasteiger partial charge in [0, 0.05) is 25.4 Å². The van der Waals surface area contributed by atoms with Crippen molar-refractivity contribution >= 4 is 11.6 Å². The van der Waals surface area contributed by atoms with Crippen LogP contribution < -0.4 is 10.6 Å². The van der Waals surface area contributed by atoms with Crippen LogP contribution in [-0.2, 0) is 6.42 Å².